The van der Waals surface area contributed by atoms with E-state index in [0.717, 1.165) is 17.0 Å². The van der Waals surface area contributed by atoms with Crippen molar-refractivity contribution in [1.29, 1.82) is 0 Å². The van der Waals surface area contributed by atoms with Gasteiger partial charge in [-0.05, 0) is 29.8 Å². The molecular weight excluding hydrogens is 378 g/mol. The maximum absolute atomic E-state index is 14.3. The third-order valence-corrected chi connectivity index (χ3v) is 4.83. The van der Waals surface area contributed by atoms with Crippen LogP contribution in [0.3, 0.4) is 0 Å². The SMILES string of the molecule is O=C1OCC2=C1[C@@H](c1ccccc1F)CC(=O)N2c1cccc(C(F)(F)F)c1. The molecular formula is C20H13F4NO3. The maximum atomic E-state index is 14.3. The van der Waals surface area contributed by atoms with Gasteiger partial charge in [0.05, 0.1) is 16.8 Å². The fourth-order valence-electron chi connectivity index (χ4n) is 3.60. The number of hydrogen-bond donors (Lipinski definition) is 0. The smallest absolute Gasteiger partial charge is 0.416 e. The Bertz CT molecular complexity index is 1010. The van der Waals surface area contributed by atoms with Gasteiger partial charge in [0, 0.05) is 18.0 Å². The molecule has 0 fully saturated rings. The number of alkyl halides is 3. The Kier molecular flexibility index (Phi) is 4.21. The van der Waals surface area contributed by atoms with Crippen molar-refractivity contribution in [3.8, 4) is 0 Å². The fourth-order valence-corrected chi connectivity index (χ4v) is 3.60. The largest absolute Gasteiger partial charge is 0.456 e. The average Bonchev–Trinajstić information content (AvgIpc) is 3.02. The van der Waals surface area contributed by atoms with Crippen LogP contribution in [-0.2, 0) is 20.5 Å². The van der Waals surface area contributed by atoms with Crippen molar-refractivity contribution in [2.75, 3.05) is 11.5 Å². The molecule has 0 aliphatic carbocycles. The van der Waals surface area contributed by atoms with E-state index < -0.39 is 35.4 Å². The Morgan fingerprint density at radius 1 is 1.04 bits per heavy atom. The Morgan fingerprint density at radius 3 is 2.50 bits per heavy atom. The lowest BCUT2D eigenvalue weighted by Crippen LogP contribution is -2.37. The van der Waals surface area contributed by atoms with Gasteiger partial charge in [-0.25, -0.2) is 9.18 Å². The molecule has 2 heterocycles. The standard InChI is InChI=1S/C20H13F4NO3/c21-15-7-2-1-6-13(15)14-9-17(26)25(16-10-28-19(27)18(14)16)12-5-3-4-11(8-12)20(22,23)24/h1-8,14H,9-10H2/t14-/m1/s1. The molecule has 0 bridgehead atoms. The Labute approximate surface area is 157 Å². The van der Waals surface area contributed by atoms with Crippen LogP contribution in [0, 0.1) is 5.82 Å². The summed E-state index contributed by atoms with van der Waals surface area (Å²) in [6.45, 7) is -0.263. The minimum absolute atomic E-state index is 0.0161. The first-order valence-corrected chi connectivity index (χ1v) is 8.42. The second-order valence-electron chi connectivity index (χ2n) is 6.49. The van der Waals surface area contributed by atoms with Gasteiger partial charge in [0.15, 0.2) is 0 Å². The summed E-state index contributed by atoms with van der Waals surface area (Å²) >= 11 is 0. The summed E-state index contributed by atoms with van der Waals surface area (Å²) < 4.78 is 58.5. The Balaban J connectivity index is 1.84. The van der Waals surface area contributed by atoms with Crippen molar-refractivity contribution < 1.29 is 31.9 Å². The molecule has 0 N–H and O–H groups in total. The lowest BCUT2D eigenvalue weighted by Gasteiger charge is -2.32. The minimum atomic E-state index is -4.58. The first-order valence-electron chi connectivity index (χ1n) is 8.42. The van der Waals surface area contributed by atoms with Crippen LogP contribution in [0.1, 0.15) is 23.5 Å². The van der Waals surface area contributed by atoms with Crippen LogP contribution >= 0.6 is 0 Å². The van der Waals surface area contributed by atoms with Crippen molar-refractivity contribution in [3.63, 3.8) is 0 Å². The molecule has 8 heteroatoms. The molecule has 0 spiro atoms. The molecule has 0 saturated heterocycles. The summed E-state index contributed by atoms with van der Waals surface area (Å²) in [5.74, 6) is -2.66. The van der Waals surface area contributed by atoms with E-state index in [1.54, 1.807) is 6.07 Å². The summed E-state index contributed by atoms with van der Waals surface area (Å²) in [5.41, 5.74) is -0.513. The van der Waals surface area contributed by atoms with E-state index >= 15 is 0 Å². The number of cyclic esters (lactones) is 1. The molecule has 4 nitrogen and oxygen atoms in total. The van der Waals surface area contributed by atoms with Gasteiger partial charge in [0.25, 0.3) is 0 Å². The molecule has 1 atom stereocenters. The summed E-state index contributed by atoms with van der Waals surface area (Å²) in [6.07, 6.45) is -4.84. The van der Waals surface area contributed by atoms with E-state index in [0.29, 0.717) is 0 Å². The molecule has 1 amide bonds. The van der Waals surface area contributed by atoms with Gasteiger partial charge in [-0.2, -0.15) is 13.2 Å². The van der Waals surface area contributed by atoms with Crippen molar-refractivity contribution in [2.45, 2.75) is 18.5 Å². The molecule has 144 valence electrons. The molecule has 2 aromatic carbocycles. The van der Waals surface area contributed by atoms with Gasteiger partial charge in [-0.3, -0.25) is 9.69 Å². The number of rotatable bonds is 2. The predicted octanol–water partition coefficient (Wildman–Crippen LogP) is 4.18. The van der Waals surface area contributed by atoms with E-state index in [2.05, 4.69) is 0 Å². The first kappa shape index (κ1) is 18.2. The number of ether oxygens (including phenoxy) is 1. The first-order chi connectivity index (χ1) is 13.3. The molecule has 0 unspecified atom stereocenters. The van der Waals surface area contributed by atoms with Crippen molar-refractivity contribution in [3.05, 3.63) is 76.7 Å². The molecule has 0 aromatic heterocycles. The Hall–Kier alpha value is -3.16. The summed E-state index contributed by atoms with van der Waals surface area (Å²) in [4.78, 5) is 26.2. The van der Waals surface area contributed by atoms with Gasteiger partial charge in [-0.1, -0.05) is 24.3 Å². The van der Waals surface area contributed by atoms with Crippen LogP contribution in [0.2, 0.25) is 0 Å². The fraction of sp³-hybridized carbons (Fsp3) is 0.200. The summed E-state index contributed by atoms with van der Waals surface area (Å²) in [7, 11) is 0. The number of esters is 1. The zero-order chi connectivity index (χ0) is 20.1. The number of carbonyl (C=O) groups is 2. The highest BCUT2D eigenvalue weighted by atomic mass is 19.4. The highest BCUT2D eigenvalue weighted by Gasteiger charge is 2.44. The van der Waals surface area contributed by atoms with E-state index in [1.165, 1.54) is 30.3 Å². The van der Waals surface area contributed by atoms with Crippen LogP contribution in [-0.4, -0.2) is 18.5 Å². The normalized spacial score (nSPS) is 19.7. The number of hydrogen-bond acceptors (Lipinski definition) is 3. The van der Waals surface area contributed by atoms with Crippen LogP contribution in [0.4, 0.5) is 23.2 Å². The van der Waals surface area contributed by atoms with Gasteiger partial charge in [0.1, 0.15) is 12.4 Å². The number of benzene rings is 2. The second kappa shape index (κ2) is 6.47. The number of carbonyl (C=O) groups excluding carboxylic acids is 2. The van der Waals surface area contributed by atoms with Crippen molar-refractivity contribution >= 4 is 17.6 Å². The van der Waals surface area contributed by atoms with Gasteiger partial charge < -0.3 is 4.74 Å². The monoisotopic (exact) mass is 391 g/mol. The molecule has 2 aromatic rings. The van der Waals surface area contributed by atoms with Gasteiger partial charge >= 0.3 is 12.1 Å². The number of anilines is 1. The lowest BCUT2D eigenvalue weighted by molar-refractivity contribution is -0.138. The Morgan fingerprint density at radius 2 is 1.79 bits per heavy atom. The number of nitrogens with zero attached hydrogens (tertiary/aromatic N) is 1. The van der Waals surface area contributed by atoms with Crippen LogP contribution < -0.4 is 4.90 Å². The number of amides is 1. The summed E-state index contributed by atoms with van der Waals surface area (Å²) in [6, 6.07) is 10.0. The topological polar surface area (TPSA) is 46.6 Å². The third-order valence-electron chi connectivity index (χ3n) is 4.83. The minimum Gasteiger partial charge on any atom is -0.456 e. The van der Waals surface area contributed by atoms with E-state index in [1.807, 2.05) is 0 Å². The number of halogens is 4. The molecule has 0 radical (unpaired) electrons. The highest BCUT2D eigenvalue weighted by molar-refractivity contribution is 6.06. The zero-order valence-corrected chi connectivity index (χ0v) is 14.3. The van der Waals surface area contributed by atoms with Crippen LogP contribution in [0.25, 0.3) is 0 Å². The van der Waals surface area contributed by atoms with Crippen LogP contribution in [0.15, 0.2) is 59.8 Å². The van der Waals surface area contributed by atoms with E-state index in [4.69, 9.17) is 4.74 Å². The molecule has 2 aliphatic rings. The van der Waals surface area contributed by atoms with Crippen molar-refractivity contribution in [2.24, 2.45) is 0 Å². The quantitative estimate of drug-likeness (QED) is 0.570. The van der Waals surface area contributed by atoms with Gasteiger partial charge in [-0.15, -0.1) is 0 Å². The lowest BCUT2D eigenvalue weighted by atomic mass is 9.84. The van der Waals surface area contributed by atoms with Gasteiger partial charge in [0.2, 0.25) is 5.91 Å². The van der Waals surface area contributed by atoms with E-state index in [-0.39, 0.29) is 35.5 Å². The van der Waals surface area contributed by atoms with Crippen LogP contribution in [0.5, 0.6) is 0 Å². The highest BCUT2D eigenvalue weighted by Crippen LogP contribution is 2.43. The predicted molar refractivity (Wildman–Crippen MR) is 90.7 cm³/mol. The third kappa shape index (κ3) is 2.94. The summed E-state index contributed by atoms with van der Waals surface area (Å²) in [5, 5.41) is 0. The van der Waals surface area contributed by atoms with Crippen molar-refractivity contribution in [1.82, 2.24) is 0 Å². The zero-order valence-electron chi connectivity index (χ0n) is 14.3. The molecule has 0 saturated carbocycles. The van der Waals surface area contributed by atoms with E-state index in [9.17, 15) is 27.2 Å². The molecule has 4 rings (SSSR count). The second-order valence-corrected chi connectivity index (χ2v) is 6.49. The average molecular weight is 391 g/mol. The maximum Gasteiger partial charge on any atom is 0.416 e. The molecule has 28 heavy (non-hydrogen) atoms. The molecule has 2 aliphatic heterocycles.